The van der Waals surface area contributed by atoms with Crippen molar-refractivity contribution in [3.63, 3.8) is 0 Å². The molecule has 1 heterocycles. The van der Waals surface area contributed by atoms with Crippen LogP contribution >= 0.6 is 12.2 Å². The molecule has 0 atom stereocenters. The monoisotopic (exact) mass is 255 g/mol. The van der Waals surface area contributed by atoms with Crippen LogP contribution in [0, 0.1) is 4.64 Å². The summed E-state index contributed by atoms with van der Waals surface area (Å²) in [5.41, 5.74) is 2.09. The van der Waals surface area contributed by atoms with E-state index in [1.807, 2.05) is 0 Å². The zero-order valence-corrected chi connectivity index (χ0v) is 10.5. The van der Waals surface area contributed by atoms with Gasteiger partial charge in [-0.1, -0.05) is 12.2 Å². The van der Waals surface area contributed by atoms with Gasteiger partial charge in [-0.25, -0.2) is 4.79 Å². The lowest BCUT2D eigenvalue weighted by molar-refractivity contribution is 0.291. The molecule has 0 unspecified atom stereocenters. The van der Waals surface area contributed by atoms with Crippen molar-refractivity contribution in [3.05, 3.63) is 26.4 Å². The van der Waals surface area contributed by atoms with E-state index < -0.39 is 0 Å². The maximum Gasteiger partial charge on any atom is 0.326 e. The Kier molecular flexibility index (Phi) is 4.09. The summed E-state index contributed by atoms with van der Waals surface area (Å²) < 4.78 is 2.37. The minimum Gasteiger partial charge on any atom is -0.395 e. The van der Waals surface area contributed by atoms with Crippen molar-refractivity contribution in [2.45, 2.75) is 25.8 Å². The summed E-state index contributed by atoms with van der Waals surface area (Å²) in [4.78, 5) is 14.6. The van der Waals surface area contributed by atoms with E-state index in [4.69, 9.17) is 17.3 Å². The highest BCUT2D eigenvalue weighted by Crippen LogP contribution is 2.20. The lowest BCUT2D eigenvalue weighted by Crippen LogP contribution is -2.32. The summed E-state index contributed by atoms with van der Waals surface area (Å²) in [5, 5.41) is 11.7. The molecule has 0 amide bonds. The molecule has 1 aliphatic rings. The van der Waals surface area contributed by atoms with Crippen molar-refractivity contribution in [1.82, 2.24) is 14.9 Å². The van der Waals surface area contributed by atoms with Crippen molar-refractivity contribution in [1.29, 1.82) is 0 Å². The standard InChI is InChI=1S/C11H17N3O2S/c15-7-5-12-4-6-14-9-3-1-2-8(9)10(17)13-11(14)16/h12,15H,1-7H2,(H,13,16,17). The fourth-order valence-electron chi connectivity index (χ4n) is 2.26. The second-order valence-electron chi connectivity index (χ2n) is 4.16. The molecular formula is C11H17N3O2S. The average Bonchev–Trinajstić information content (AvgIpc) is 2.77. The quantitative estimate of drug-likeness (QED) is 0.511. The third-order valence-corrected chi connectivity index (χ3v) is 3.40. The Balaban J connectivity index is 2.20. The Hall–Kier alpha value is -0.980. The van der Waals surface area contributed by atoms with Gasteiger partial charge in [0.15, 0.2) is 0 Å². The largest absolute Gasteiger partial charge is 0.395 e. The van der Waals surface area contributed by atoms with E-state index in [1.54, 1.807) is 4.57 Å². The van der Waals surface area contributed by atoms with E-state index in [2.05, 4.69) is 10.3 Å². The second-order valence-corrected chi connectivity index (χ2v) is 4.57. The van der Waals surface area contributed by atoms with Crippen molar-refractivity contribution in [2.75, 3.05) is 19.7 Å². The van der Waals surface area contributed by atoms with Gasteiger partial charge in [0.1, 0.15) is 4.64 Å². The number of H-pyrrole nitrogens is 1. The van der Waals surface area contributed by atoms with E-state index in [0.29, 0.717) is 24.3 Å². The molecule has 94 valence electrons. The van der Waals surface area contributed by atoms with Crippen LogP contribution in [0.5, 0.6) is 0 Å². The van der Waals surface area contributed by atoms with Gasteiger partial charge in [0.2, 0.25) is 0 Å². The Morgan fingerprint density at radius 3 is 3.00 bits per heavy atom. The van der Waals surface area contributed by atoms with Crippen molar-refractivity contribution in [2.24, 2.45) is 0 Å². The third-order valence-electron chi connectivity index (χ3n) is 3.05. The van der Waals surface area contributed by atoms with Gasteiger partial charge >= 0.3 is 5.69 Å². The number of aliphatic hydroxyl groups is 1. The van der Waals surface area contributed by atoms with Crippen LogP contribution < -0.4 is 11.0 Å². The highest BCUT2D eigenvalue weighted by molar-refractivity contribution is 7.71. The van der Waals surface area contributed by atoms with E-state index in [-0.39, 0.29) is 12.3 Å². The van der Waals surface area contributed by atoms with Gasteiger partial charge in [0.05, 0.1) is 6.61 Å². The fraction of sp³-hybridized carbons (Fsp3) is 0.636. The summed E-state index contributed by atoms with van der Waals surface area (Å²) in [6.07, 6.45) is 2.97. The predicted molar refractivity (Wildman–Crippen MR) is 67.9 cm³/mol. The maximum absolute atomic E-state index is 11.8. The molecule has 0 aromatic carbocycles. The molecule has 0 bridgehead atoms. The highest BCUT2D eigenvalue weighted by atomic mass is 32.1. The smallest absolute Gasteiger partial charge is 0.326 e. The number of fused-ring (bicyclic) bond motifs is 1. The number of hydrogen-bond donors (Lipinski definition) is 3. The molecule has 1 aliphatic carbocycles. The van der Waals surface area contributed by atoms with E-state index in [9.17, 15) is 4.79 Å². The van der Waals surface area contributed by atoms with Crippen LogP contribution in [0.1, 0.15) is 17.7 Å². The average molecular weight is 255 g/mol. The molecule has 17 heavy (non-hydrogen) atoms. The number of nitrogens with zero attached hydrogens (tertiary/aromatic N) is 1. The van der Waals surface area contributed by atoms with Crippen molar-refractivity contribution >= 4 is 12.2 Å². The normalized spacial score (nSPS) is 13.9. The molecule has 0 aliphatic heterocycles. The zero-order chi connectivity index (χ0) is 12.3. The third kappa shape index (κ3) is 2.65. The molecule has 0 spiro atoms. The SMILES string of the molecule is O=c1[nH]c(=S)c2c(n1CCNCCO)CCC2. The van der Waals surface area contributed by atoms with E-state index >= 15 is 0 Å². The van der Waals surface area contributed by atoms with Gasteiger partial charge in [0.25, 0.3) is 0 Å². The number of aromatic nitrogens is 2. The molecule has 3 N–H and O–H groups in total. The molecular weight excluding hydrogens is 238 g/mol. The molecule has 0 radical (unpaired) electrons. The Labute approximate surface area is 104 Å². The molecule has 0 fully saturated rings. The van der Waals surface area contributed by atoms with Gasteiger partial charge in [0, 0.05) is 30.9 Å². The van der Waals surface area contributed by atoms with Crippen LogP contribution in [0.4, 0.5) is 0 Å². The first-order chi connectivity index (χ1) is 8.24. The second kappa shape index (κ2) is 5.57. The van der Waals surface area contributed by atoms with E-state index in [0.717, 1.165) is 30.5 Å². The minimum absolute atomic E-state index is 0.115. The Morgan fingerprint density at radius 1 is 1.41 bits per heavy atom. The topological polar surface area (TPSA) is 70.0 Å². The molecule has 0 saturated carbocycles. The summed E-state index contributed by atoms with van der Waals surface area (Å²) in [5.74, 6) is 0. The van der Waals surface area contributed by atoms with Gasteiger partial charge < -0.3 is 10.4 Å². The molecule has 5 nitrogen and oxygen atoms in total. The molecule has 2 rings (SSSR count). The molecule has 0 saturated heterocycles. The number of hydrogen-bond acceptors (Lipinski definition) is 4. The zero-order valence-electron chi connectivity index (χ0n) is 9.66. The Morgan fingerprint density at radius 2 is 2.24 bits per heavy atom. The van der Waals surface area contributed by atoms with Crippen molar-refractivity contribution in [3.8, 4) is 0 Å². The summed E-state index contributed by atoms with van der Waals surface area (Å²) in [6, 6.07) is 0. The van der Waals surface area contributed by atoms with Crippen LogP contribution in [-0.4, -0.2) is 34.4 Å². The lowest BCUT2D eigenvalue weighted by atomic mass is 10.2. The predicted octanol–water partition coefficient (Wildman–Crippen LogP) is -0.0235. The fourth-order valence-corrected chi connectivity index (χ4v) is 2.57. The number of nitrogens with one attached hydrogen (secondary N) is 2. The van der Waals surface area contributed by atoms with Crippen LogP contribution in [0.25, 0.3) is 0 Å². The summed E-state index contributed by atoms with van der Waals surface area (Å²) >= 11 is 5.16. The van der Waals surface area contributed by atoms with Crippen LogP contribution in [-0.2, 0) is 19.4 Å². The van der Waals surface area contributed by atoms with E-state index in [1.165, 1.54) is 0 Å². The minimum atomic E-state index is -0.124. The van der Waals surface area contributed by atoms with Gasteiger partial charge in [-0.15, -0.1) is 0 Å². The van der Waals surface area contributed by atoms with Gasteiger partial charge in [-0.2, -0.15) is 0 Å². The Bertz CT molecular complexity index is 506. The first kappa shape index (κ1) is 12.5. The van der Waals surface area contributed by atoms with Crippen LogP contribution in [0.2, 0.25) is 0 Å². The van der Waals surface area contributed by atoms with Crippen LogP contribution in [0.3, 0.4) is 0 Å². The highest BCUT2D eigenvalue weighted by Gasteiger charge is 2.17. The number of aromatic amines is 1. The molecule has 1 aromatic rings. The molecule has 6 heteroatoms. The first-order valence-electron chi connectivity index (χ1n) is 5.90. The maximum atomic E-state index is 11.8. The first-order valence-corrected chi connectivity index (χ1v) is 6.31. The van der Waals surface area contributed by atoms with Gasteiger partial charge in [-0.05, 0) is 19.3 Å². The molecule has 1 aromatic heterocycles. The summed E-state index contributed by atoms with van der Waals surface area (Å²) in [6.45, 7) is 1.97. The number of rotatable bonds is 5. The number of aliphatic hydroxyl groups excluding tert-OH is 1. The van der Waals surface area contributed by atoms with Gasteiger partial charge in [-0.3, -0.25) is 9.55 Å². The van der Waals surface area contributed by atoms with Crippen molar-refractivity contribution < 1.29 is 5.11 Å². The lowest BCUT2D eigenvalue weighted by Gasteiger charge is -2.12. The van der Waals surface area contributed by atoms with Crippen LogP contribution in [0.15, 0.2) is 4.79 Å². The summed E-state index contributed by atoms with van der Waals surface area (Å²) in [7, 11) is 0.